The molecule has 1 N–H and O–H groups in total. The van der Waals surface area contributed by atoms with Crippen LogP contribution in [0.5, 0.6) is 5.75 Å². The number of nitrogens with zero attached hydrogens (tertiary/aromatic N) is 1. The van der Waals surface area contributed by atoms with Crippen LogP contribution < -0.4 is 10.1 Å². The average Bonchev–Trinajstić information content (AvgIpc) is 2.95. The van der Waals surface area contributed by atoms with Gasteiger partial charge in [-0.2, -0.15) is 0 Å². The molecule has 0 aliphatic heterocycles. The van der Waals surface area contributed by atoms with Gasteiger partial charge >= 0.3 is 0 Å². The monoisotopic (exact) mass is 330 g/mol. The molecule has 0 unspecified atom stereocenters. The Morgan fingerprint density at radius 2 is 2.33 bits per heavy atom. The van der Waals surface area contributed by atoms with E-state index in [1.165, 1.54) is 43.9 Å². The van der Waals surface area contributed by atoms with Gasteiger partial charge < -0.3 is 14.6 Å². The largest absolute Gasteiger partial charge is 0.482 e. The molecule has 1 aromatic heterocycles. The van der Waals surface area contributed by atoms with Crippen LogP contribution in [0.4, 0.5) is 4.39 Å². The minimum atomic E-state index is -0.440. The third-order valence-corrected chi connectivity index (χ3v) is 5.19. The van der Waals surface area contributed by atoms with Gasteiger partial charge in [0.1, 0.15) is 6.61 Å². The minimum Gasteiger partial charge on any atom is -0.482 e. The summed E-state index contributed by atoms with van der Waals surface area (Å²) in [7, 11) is 0. The molecule has 2 saturated carbocycles. The summed E-state index contributed by atoms with van der Waals surface area (Å²) in [5.41, 5.74) is 0.574. The first-order valence-corrected chi connectivity index (χ1v) is 8.27. The normalized spacial score (nSPS) is 24.5. The fourth-order valence-corrected chi connectivity index (χ4v) is 3.70. The van der Waals surface area contributed by atoms with Gasteiger partial charge in [-0.1, -0.05) is 23.7 Å². The number of carbonyl (C=O) groups is 1. The highest BCUT2D eigenvalue weighted by molar-refractivity contribution is 5.92. The Hall–Kier alpha value is -2.37. The maximum absolute atomic E-state index is 13.5. The first kappa shape index (κ1) is 15.2. The molecule has 0 saturated heterocycles. The molecule has 0 radical (unpaired) electrons. The first-order chi connectivity index (χ1) is 11.7. The Balaban J connectivity index is 1.31. The zero-order valence-corrected chi connectivity index (χ0v) is 13.3. The Morgan fingerprint density at radius 1 is 1.46 bits per heavy atom. The molecule has 2 fully saturated rings. The number of benzene rings is 1. The van der Waals surface area contributed by atoms with E-state index in [0.717, 1.165) is 5.92 Å². The van der Waals surface area contributed by atoms with E-state index in [1.54, 1.807) is 12.1 Å². The Morgan fingerprint density at radius 3 is 3.08 bits per heavy atom. The lowest BCUT2D eigenvalue weighted by Gasteiger charge is -2.11. The highest BCUT2D eigenvalue weighted by Crippen LogP contribution is 2.63. The highest BCUT2D eigenvalue weighted by atomic mass is 19.1. The topological polar surface area (TPSA) is 64.4 Å². The molecule has 2 aliphatic carbocycles. The van der Waals surface area contributed by atoms with Gasteiger partial charge in [-0.05, 0) is 42.7 Å². The van der Waals surface area contributed by atoms with Crippen molar-refractivity contribution in [2.75, 3.05) is 6.54 Å². The van der Waals surface area contributed by atoms with E-state index < -0.39 is 5.82 Å². The van der Waals surface area contributed by atoms with E-state index in [-0.39, 0.29) is 24.0 Å². The van der Waals surface area contributed by atoms with Gasteiger partial charge in [0.25, 0.3) is 5.91 Å². The molecule has 1 amide bonds. The summed E-state index contributed by atoms with van der Waals surface area (Å²) >= 11 is 0. The van der Waals surface area contributed by atoms with Crippen LogP contribution in [0.2, 0.25) is 0 Å². The van der Waals surface area contributed by atoms with Gasteiger partial charge in [0, 0.05) is 12.6 Å². The third-order valence-electron chi connectivity index (χ3n) is 5.19. The van der Waals surface area contributed by atoms with E-state index in [1.807, 2.05) is 0 Å². The van der Waals surface area contributed by atoms with Gasteiger partial charge in [0.15, 0.2) is 23.0 Å². The molecule has 126 valence electrons. The van der Waals surface area contributed by atoms with E-state index in [9.17, 15) is 9.18 Å². The summed E-state index contributed by atoms with van der Waals surface area (Å²) in [6.07, 6.45) is 4.99. The number of ether oxygens (including phenoxy) is 1. The van der Waals surface area contributed by atoms with Crippen molar-refractivity contribution in [1.82, 2.24) is 10.5 Å². The number of hydrogen-bond donors (Lipinski definition) is 1. The van der Waals surface area contributed by atoms with Gasteiger partial charge in [-0.15, -0.1) is 0 Å². The third kappa shape index (κ3) is 2.88. The lowest BCUT2D eigenvalue weighted by atomic mass is 10.0. The number of aromatic nitrogens is 1. The number of rotatable bonds is 6. The number of halogens is 1. The molecule has 1 aromatic carbocycles. The van der Waals surface area contributed by atoms with E-state index in [4.69, 9.17) is 9.26 Å². The van der Waals surface area contributed by atoms with E-state index >= 15 is 0 Å². The predicted octanol–water partition coefficient (Wildman–Crippen LogP) is 3.31. The highest BCUT2D eigenvalue weighted by Gasteiger charge is 2.56. The molecule has 4 rings (SSSR count). The summed E-state index contributed by atoms with van der Waals surface area (Å²) in [6.45, 7) is 0.734. The SMILES string of the molecule is O=C(NC[C@@]12CCC[C@@H]1C2)c1cc(COc2ccccc2F)on1. The summed E-state index contributed by atoms with van der Waals surface area (Å²) in [5, 5.41) is 6.73. The smallest absolute Gasteiger partial charge is 0.273 e. The predicted molar refractivity (Wildman–Crippen MR) is 84.0 cm³/mol. The van der Waals surface area contributed by atoms with Crippen LogP contribution in [-0.2, 0) is 6.61 Å². The maximum Gasteiger partial charge on any atom is 0.273 e. The summed E-state index contributed by atoms with van der Waals surface area (Å²) in [6, 6.07) is 7.67. The van der Waals surface area contributed by atoms with Gasteiger partial charge in [-0.25, -0.2) is 4.39 Å². The zero-order valence-electron chi connectivity index (χ0n) is 13.3. The molecule has 1 heterocycles. The number of hydrogen-bond acceptors (Lipinski definition) is 4. The molecule has 2 aromatic rings. The van der Waals surface area contributed by atoms with Crippen molar-refractivity contribution in [1.29, 1.82) is 0 Å². The number of carbonyl (C=O) groups excluding carboxylic acids is 1. The molecule has 24 heavy (non-hydrogen) atoms. The lowest BCUT2D eigenvalue weighted by molar-refractivity contribution is 0.0934. The van der Waals surface area contributed by atoms with Crippen LogP contribution in [0.15, 0.2) is 34.9 Å². The molecular weight excluding hydrogens is 311 g/mol. The molecular formula is C18H19FN2O3. The lowest BCUT2D eigenvalue weighted by Crippen LogP contribution is -2.30. The second-order valence-corrected chi connectivity index (χ2v) is 6.74. The fraction of sp³-hybridized carbons (Fsp3) is 0.444. The molecule has 6 heteroatoms. The van der Waals surface area contributed by atoms with Crippen LogP contribution in [-0.4, -0.2) is 17.6 Å². The number of amides is 1. The Labute approximate surface area is 139 Å². The van der Waals surface area contributed by atoms with Gasteiger partial charge in [-0.3, -0.25) is 4.79 Å². The summed E-state index contributed by atoms with van der Waals surface area (Å²) in [5.74, 6) is 0.638. The minimum absolute atomic E-state index is 0.0211. The van der Waals surface area contributed by atoms with Gasteiger partial charge in [0.2, 0.25) is 0 Å². The Kier molecular flexibility index (Phi) is 3.75. The fourth-order valence-electron chi connectivity index (χ4n) is 3.70. The number of nitrogens with one attached hydrogen (secondary N) is 1. The van der Waals surface area contributed by atoms with Crippen molar-refractivity contribution >= 4 is 5.91 Å². The quantitative estimate of drug-likeness (QED) is 0.882. The molecule has 5 nitrogen and oxygen atoms in total. The van der Waals surface area contributed by atoms with Crippen molar-refractivity contribution < 1.29 is 18.4 Å². The maximum atomic E-state index is 13.5. The second-order valence-electron chi connectivity index (χ2n) is 6.74. The zero-order chi connectivity index (χ0) is 16.6. The molecule has 2 aliphatic rings. The number of fused-ring (bicyclic) bond motifs is 1. The standard InChI is InChI=1S/C18H19FN2O3/c19-14-5-1-2-6-16(14)23-10-13-8-15(21-24-13)17(22)20-11-18-7-3-4-12(18)9-18/h1-2,5-6,8,12H,3-4,7,9-11H2,(H,20,22)/t12-,18+/m1/s1. The van der Waals surface area contributed by atoms with Crippen LogP contribution >= 0.6 is 0 Å². The molecule has 0 spiro atoms. The average molecular weight is 330 g/mol. The summed E-state index contributed by atoms with van der Waals surface area (Å²) < 4.78 is 23.9. The van der Waals surface area contributed by atoms with E-state index in [0.29, 0.717) is 17.7 Å². The molecule has 0 bridgehead atoms. The molecule has 2 atom stereocenters. The van der Waals surface area contributed by atoms with Crippen LogP contribution in [0.25, 0.3) is 0 Å². The van der Waals surface area contributed by atoms with Crippen molar-refractivity contribution in [3.63, 3.8) is 0 Å². The van der Waals surface area contributed by atoms with Crippen molar-refractivity contribution in [3.05, 3.63) is 47.6 Å². The van der Waals surface area contributed by atoms with Crippen molar-refractivity contribution in [2.24, 2.45) is 11.3 Å². The van der Waals surface area contributed by atoms with Crippen molar-refractivity contribution in [3.8, 4) is 5.75 Å². The van der Waals surface area contributed by atoms with Crippen LogP contribution in [0.3, 0.4) is 0 Å². The van der Waals surface area contributed by atoms with E-state index in [2.05, 4.69) is 10.5 Å². The number of para-hydroxylation sites is 1. The first-order valence-electron chi connectivity index (χ1n) is 8.27. The van der Waals surface area contributed by atoms with Crippen molar-refractivity contribution in [2.45, 2.75) is 32.3 Å². The van der Waals surface area contributed by atoms with Crippen LogP contribution in [0.1, 0.15) is 41.9 Å². The van der Waals surface area contributed by atoms with Gasteiger partial charge in [0.05, 0.1) is 0 Å². The Bertz CT molecular complexity index is 760. The van der Waals surface area contributed by atoms with Crippen LogP contribution in [0, 0.1) is 17.2 Å². The summed E-state index contributed by atoms with van der Waals surface area (Å²) in [4.78, 5) is 12.2. The second kappa shape index (κ2) is 5.92.